The van der Waals surface area contributed by atoms with E-state index < -0.39 is 8.07 Å². The Balaban J connectivity index is 1.56. The lowest BCUT2D eigenvalue weighted by atomic mass is 10.1. The van der Waals surface area contributed by atoms with Gasteiger partial charge in [0, 0.05) is 33.7 Å². The zero-order valence-corrected chi connectivity index (χ0v) is 22.3. The van der Waals surface area contributed by atoms with E-state index in [-0.39, 0.29) is 0 Å². The third-order valence-corrected chi connectivity index (χ3v) is 12.8. The Morgan fingerprint density at radius 1 is 0.632 bits per heavy atom. The SMILES string of the molecule is C1=CCNC([Si](c2ccccc2)(c2ccccc2)c2ccc3c(c2)c2ccccc2n3C2C=CC=CC2)=C1. The number of fused-ring (bicyclic) bond motifs is 3. The molecule has 1 N–H and O–H groups in total. The minimum atomic E-state index is -2.59. The molecule has 0 bridgehead atoms. The highest BCUT2D eigenvalue weighted by atomic mass is 28.3. The zero-order valence-electron chi connectivity index (χ0n) is 21.3. The van der Waals surface area contributed by atoms with Crippen LogP contribution in [0.15, 0.2) is 151 Å². The van der Waals surface area contributed by atoms with Crippen LogP contribution < -0.4 is 20.9 Å². The molecule has 5 aromatic rings. The first-order valence-electron chi connectivity index (χ1n) is 13.5. The van der Waals surface area contributed by atoms with Crippen LogP contribution >= 0.6 is 0 Å². The molecule has 4 aromatic carbocycles. The Morgan fingerprint density at radius 3 is 2.03 bits per heavy atom. The second kappa shape index (κ2) is 9.51. The average molecular weight is 507 g/mol. The van der Waals surface area contributed by atoms with E-state index in [4.69, 9.17) is 0 Å². The lowest BCUT2D eigenvalue weighted by Crippen LogP contribution is -2.70. The van der Waals surface area contributed by atoms with Crippen LogP contribution in [0, 0.1) is 0 Å². The molecular weight excluding hydrogens is 476 g/mol. The lowest BCUT2D eigenvalue weighted by molar-refractivity contribution is 0.648. The number of aromatic nitrogens is 1. The Labute approximate surface area is 225 Å². The van der Waals surface area contributed by atoms with Gasteiger partial charge in [0.05, 0.1) is 6.04 Å². The molecule has 2 aliphatic rings. The number of hydrogen-bond donors (Lipinski definition) is 1. The molecule has 1 aliphatic heterocycles. The molecule has 0 saturated heterocycles. The molecule has 0 saturated carbocycles. The fourth-order valence-electron chi connectivity index (χ4n) is 6.41. The minimum absolute atomic E-state index is 0.325. The van der Waals surface area contributed by atoms with Crippen molar-refractivity contribution in [2.45, 2.75) is 12.5 Å². The smallest absolute Gasteiger partial charge is 0.198 e. The van der Waals surface area contributed by atoms with Crippen LogP contribution in [0.3, 0.4) is 0 Å². The third-order valence-electron chi connectivity index (χ3n) is 8.06. The quantitative estimate of drug-likeness (QED) is 0.232. The molecule has 1 unspecified atom stereocenters. The molecule has 1 aromatic heterocycles. The van der Waals surface area contributed by atoms with Crippen molar-refractivity contribution in [3.8, 4) is 0 Å². The monoisotopic (exact) mass is 506 g/mol. The second-order valence-electron chi connectivity index (χ2n) is 10.1. The van der Waals surface area contributed by atoms with Gasteiger partial charge in [-0.2, -0.15) is 0 Å². The van der Waals surface area contributed by atoms with Gasteiger partial charge in [0.1, 0.15) is 0 Å². The Morgan fingerprint density at radius 2 is 1.34 bits per heavy atom. The fraction of sp³-hybridized carbons (Fsp3) is 0.0857. The lowest BCUT2D eigenvalue weighted by Gasteiger charge is -2.37. The molecule has 0 radical (unpaired) electrons. The van der Waals surface area contributed by atoms with Gasteiger partial charge >= 0.3 is 0 Å². The topological polar surface area (TPSA) is 17.0 Å². The third kappa shape index (κ3) is 3.54. The molecule has 0 amide bonds. The summed E-state index contributed by atoms with van der Waals surface area (Å²) in [5.41, 5.74) is 2.60. The Hall–Kier alpha value is -4.34. The summed E-state index contributed by atoms with van der Waals surface area (Å²) in [7, 11) is -2.59. The first-order valence-corrected chi connectivity index (χ1v) is 15.5. The number of para-hydroxylation sites is 1. The van der Waals surface area contributed by atoms with Crippen LogP contribution in [0.2, 0.25) is 0 Å². The standard InChI is InChI=1S/C35H30N2Si/c1-4-14-27(15-5-1)37-33-21-11-10-20-31(33)32-26-30(23-24-34(32)37)38(28-16-6-2-7-17-28,29-18-8-3-9-19-29)35-22-12-13-25-36-35/h1-14,16-24,26-27,36H,15,25H2. The van der Waals surface area contributed by atoms with Gasteiger partial charge in [-0.25, -0.2) is 0 Å². The highest BCUT2D eigenvalue weighted by Gasteiger charge is 2.43. The van der Waals surface area contributed by atoms with E-state index >= 15 is 0 Å². The van der Waals surface area contributed by atoms with Gasteiger partial charge < -0.3 is 9.88 Å². The largest absolute Gasteiger partial charge is 0.387 e. The number of hydrogen-bond acceptors (Lipinski definition) is 1. The summed E-state index contributed by atoms with van der Waals surface area (Å²) < 4.78 is 2.53. The van der Waals surface area contributed by atoms with Crippen molar-refractivity contribution in [2.24, 2.45) is 0 Å². The zero-order chi connectivity index (χ0) is 25.4. The first kappa shape index (κ1) is 22.8. The highest BCUT2D eigenvalue weighted by molar-refractivity contribution is 7.16. The Kier molecular flexibility index (Phi) is 5.71. The van der Waals surface area contributed by atoms with Crippen molar-refractivity contribution in [2.75, 3.05) is 6.54 Å². The maximum Gasteiger partial charge on any atom is 0.198 e. The van der Waals surface area contributed by atoms with Crippen molar-refractivity contribution >= 4 is 45.4 Å². The van der Waals surface area contributed by atoms with Gasteiger partial charge in [-0.1, -0.05) is 127 Å². The molecular formula is C35H30N2Si. The van der Waals surface area contributed by atoms with Crippen molar-refractivity contribution in [3.63, 3.8) is 0 Å². The van der Waals surface area contributed by atoms with Crippen molar-refractivity contribution in [3.05, 3.63) is 151 Å². The molecule has 38 heavy (non-hydrogen) atoms. The number of benzene rings is 4. The van der Waals surface area contributed by atoms with Crippen molar-refractivity contribution in [1.29, 1.82) is 0 Å². The van der Waals surface area contributed by atoms with E-state index in [0.29, 0.717) is 6.04 Å². The molecule has 3 heteroatoms. The number of dihydropyridines is 1. The molecule has 1 aliphatic carbocycles. The first-order chi connectivity index (χ1) is 18.9. The molecule has 1 atom stereocenters. The number of nitrogens with zero attached hydrogens (tertiary/aromatic N) is 1. The summed E-state index contributed by atoms with van der Waals surface area (Å²) in [5, 5.41) is 12.0. The van der Waals surface area contributed by atoms with E-state index in [9.17, 15) is 0 Å². The van der Waals surface area contributed by atoms with E-state index in [1.807, 2.05) is 0 Å². The predicted octanol–water partition coefficient (Wildman–Crippen LogP) is 5.90. The number of allylic oxidation sites excluding steroid dienone is 6. The maximum absolute atomic E-state index is 3.81. The molecule has 0 spiro atoms. The van der Waals surface area contributed by atoms with Gasteiger partial charge in [0.2, 0.25) is 0 Å². The summed E-state index contributed by atoms with van der Waals surface area (Å²) in [6.07, 6.45) is 16.7. The second-order valence-corrected chi connectivity index (χ2v) is 13.9. The fourth-order valence-corrected chi connectivity index (χ4v) is 11.1. The minimum Gasteiger partial charge on any atom is -0.387 e. The number of rotatable bonds is 5. The number of nitrogens with one attached hydrogen (secondary N) is 1. The molecule has 2 heterocycles. The van der Waals surface area contributed by atoms with Gasteiger partial charge in [0.25, 0.3) is 0 Å². The average Bonchev–Trinajstić information content (AvgIpc) is 3.34. The van der Waals surface area contributed by atoms with Gasteiger partial charge in [-0.15, -0.1) is 0 Å². The van der Waals surface area contributed by atoms with E-state index in [0.717, 1.165) is 13.0 Å². The summed E-state index contributed by atoms with van der Waals surface area (Å²) in [5.74, 6) is 0. The van der Waals surface area contributed by atoms with Crippen LogP contribution in [0.5, 0.6) is 0 Å². The van der Waals surface area contributed by atoms with Crippen LogP contribution in [0.4, 0.5) is 0 Å². The molecule has 7 rings (SSSR count). The van der Waals surface area contributed by atoms with Gasteiger partial charge in [-0.3, -0.25) is 0 Å². The van der Waals surface area contributed by atoms with E-state index in [1.54, 1.807) is 0 Å². The van der Waals surface area contributed by atoms with Crippen molar-refractivity contribution in [1.82, 2.24) is 9.88 Å². The summed E-state index contributed by atoms with van der Waals surface area (Å²) in [6.45, 7) is 0.851. The van der Waals surface area contributed by atoms with Crippen LogP contribution in [-0.2, 0) is 0 Å². The summed E-state index contributed by atoms with van der Waals surface area (Å²) >= 11 is 0. The summed E-state index contributed by atoms with van der Waals surface area (Å²) in [4.78, 5) is 0. The highest BCUT2D eigenvalue weighted by Crippen LogP contribution is 2.34. The summed E-state index contributed by atoms with van der Waals surface area (Å²) in [6, 6.07) is 38.8. The van der Waals surface area contributed by atoms with E-state index in [2.05, 4.69) is 156 Å². The normalized spacial score (nSPS) is 17.1. The molecule has 2 nitrogen and oxygen atoms in total. The van der Waals surface area contributed by atoms with E-state index in [1.165, 1.54) is 42.7 Å². The van der Waals surface area contributed by atoms with Crippen molar-refractivity contribution < 1.29 is 0 Å². The van der Waals surface area contributed by atoms with Gasteiger partial charge in [0.15, 0.2) is 8.07 Å². The molecule has 0 fully saturated rings. The Bertz CT molecular complexity index is 1700. The predicted molar refractivity (Wildman–Crippen MR) is 164 cm³/mol. The van der Waals surface area contributed by atoms with Crippen LogP contribution in [0.25, 0.3) is 21.8 Å². The van der Waals surface area contributed by atoms with Crippen LogP contribution in [0.1, 0.15) is 12.5 Å². The molecule has 184 valence electrons. The van der Waals surface area contributed by atoms with Crippen LogP contribution in [-0.4, -0.2) is 19.2 Å². The maximum atomic E-state index is 3.81. The van der Waals surface area contributed by atoms with Gasteiger partial charge in [-0.05, 0) is 40.2 Å².